The van der Waals surface area contributed by atoms with E-state index in [0.717, 1.165) is 21.7 Å². The van der Waals surface area contributed by atoms with Gasteiger partial charge in [0.2, 0.25) is 0 Å². The fraction of sp³-hybridized carbons (Fsp3) is 0.0417. The molecule has 0 bridgehead atoms. The van der Waals surface area contributed by atoms with Gasteiger partial charge in [-0.1, -0.05) is 36.4 Å². The van der Waals surface area contributed by atoms with Crippen LogP contribution in [-0.2, 0) is 0 Å². The molecule has 2 N–H and O–H groups in total. The Kier molecular flexibility index (Phi) is 4.17. The van der Waals surface area contributed by atoms with Gasteiger partial charge in [-0.05, 0) is 51.9 Å². The lowest BCUT2D eigenvalue weighted by atomic mass is 10.0. The third kappa shape index (κ3) is 3.14. The highest BCUT2D eigenvalue weighted by atomic mass is 16.5. The van der Waals surface area contributed by atoms with Crippen LogP contribution in [-0.4, -0.2) is 32.3 Å². The monoisotopic (exact) mass is 395 g/mol. The lowest BCUT2D eigenvalue weighted by molar-refractivity contribution is 0.379. The quantitative estimate of drug-likeness (QED) is 0.421. The van der Waals surface area contributed by atoms with Crippen LogP contribution in [0, 0.1) is 0 Å². The maximum Gasteiger partial charge on any atom is 0.320 e. The molecule has 0 aliphatic heterocycles. The minimum Gasteiger partial charge on any atom is -0.508 e. The van der Waals surface area contributed by atoms with Crippen LogP contribution in [0.3, 0.4) is 0 Å². The van der Waals surface area contributed by atoms with Gasteiger partial charge < -0.3 is 14.9 Å². The zero-order valence-electron chi connectivity index (χ0n) is 16.1. The van der Waals surface area contributed by atoms with Gasteiger partial charge in [-0.15, -0.1) is 0 Å². The lowest BCUT2D eigenvalue weighted by Gasteiger charge is -2.09. The Balaban J connectivity index is 1.67. The van der Waals surface area contributed by atoms with Gasteiger partial charge in [0.25, 0.3) is 0 Å². The molecular formula is C24H17N3O3. The van der Waals surface area contributed by atoms with E-state index in [1.54, 1.807) is 6.07 Å². The van der Waals surface area contributed by atoms with Crippen LogP contribution in [0.25, 0.3) is 44.3 Å². The molecule has 0 aliphatic carbocycles. The standard InChI is InChI=1S/C24H17N3O3/c1-30-24-26-22(25-23(27-24)20-9-8-19(28)13-21(20)29)17-7-6-16-10-14-4-2-3-5-15(14)11-18(16)12-17/h2-13,28-29H,1H3. The summed E-state index contributed by atoms with van der Waals surface area (Å²) in [5.41, 5.74) is 1.18. The number of ether oxygens (including phenoxy) is 1. The summed E-state index contributed by atoms with van der Waals surface area (Å²) in [5.74, 6) is 0.519. The maximum absolute atomic E-state index is 10.2. The molecule has 0 saturated carbocycles. The summed E-state index contributed by atoms with van der Waals surface area (Å²) in [6.45, 7) is 0. The van der Waals surface area contributed by atoms with Crippen LogP contribution in [0.4, 0.5) is 0 Å². The number of rotatable bonds is 3. The average Bonchev–Trinajstić information content (AvgIpc) is 2.77. The predicted molar refractivity (Wildman–Crippen MR) is 116 cm³/mol. The molecule has 1 aromatic heterocycles. The second kappa shape index (κ2) is 7.00. The van der Waals surface area contributed by atoms with Crippen molar-refractivity contribution < 1.29 is 14.9 Å². The van der Waals surface area contributed by atoms with Gasteiger partial charge in [-0.2, -0.15) is 9.97 Å². The van der Waals surface area contributed by atoms with E-state index in [-0.39, 0.29) is 23.3 Å². The summed E-state index contributed by atoms with van der Waals surface area (Å²) in [6.07, 6.45) is 0. The molecule has 0 saturated heterocycles. The van der Waals surface area contributed by atoms with Crippen molar-refractivity contribution in [2.75, 3.05) is 7.11 Å². The largest absolute Gasteiger partial charge is 0.508 e. The highest BCUT2D eigenvalue weighted by molar-refractivity contribution is 5.99. The first-order chi connectivity index (χ1) is 14.6. The van der Waals surface area contributed by atoms with Crippen LogP contribution >= 0.6 is 0 Å². The molecule has 4 aromatic carbocycles. The van der Waals surface area contributed by atoms with E-state index in [0.29, 0.717) is 11.4 Å². The second-order valence-corrected chi connectivity index (χ2v) is 6.93. The Morgan fingerprint density at radius 1 is 0.667 bits per heavy atom. The molecule has 146 valence electrons. The number of aromatic hydroxyl groups is 2. The Morgan fingerprint density at radius 2 is 1.37 bits per heavy atom. The van der Waals surface area contributed by atoms with E-state index < -0.39 is 0 Å². The van der Waals surface area contributed by atoms with Gasteiger partial charge in [0, 0.05) is 11.6 Å². The topological polar surface area (TPSA) is 88.4 Å². The van der Waals surface area contributed by atoms with Crippen LogP contribution in [0.1, 0.15) is 0 Å². The molecule has 0 atom stereocenters. The van der Waals surface area contributed by atoms with Gasteiger partial charge in [0.1, 0.15) is 11.5 Å². The second-order valence-electron chi connectivity index (χ2n) is 6.93. The summed E-state index contributed by atoms with van der Waals surface area (Å²) in [7, 11) is 1.48. The number of methoxy groups -OCH3 is 1. The van der Waals surface area contributed by atoms with E-state index >= 15 is 0 Å². The molecule has 0 radical (unpaired) electrons. The van der Waals surface area contributed by atoms with E-state index in [1.807, 2.05) is 30.3 Å². The number of phenolic OH excluding ortho intramolecular Hbond substituents is 2. The number of phenols is 2. The molecule has 5 rings (SSSR count). The van der Waals surface area contributed by atoms with Crippen molar-refractivity contribution in [3.8, 4) is 40.3 Å². The van der Waals surface area contributed by atoms with Crippen LogP contribution in [0.2, 0.25) is 0 Å². The van der Waals surface area contributed by atoms with Gasteiger partial charge >= 0.3 is 6.01 Å². The van der Waals surface area contributed by atoms with Crippen molar-refractivity contribution in [1.29, 1.82) is 0 Å². The number of aromatic nitrogens is 3. The number of hydrogen-bond acceptors (Lipinski definition) is 6. The minimum absolute atomic E-state index is 0.0424. The van der Waals surface area contributed by atoms with E-state index in [2.05, 4.69) is 39.2 Å². The zero-order valence-corrected chi connectivity index (χ0v) is 16.1. The molecule has 0 spiro atoms. The molecule has 30 heavy (non-hydrogen) atoms. The lowest BCUT2D eigenvalue weighted by Crippen LogP contribution is -2.00. The molecule has 6 nitrogen and oxygen atoms in total. The molecular weight excluding hydrogens is 378 g/mol. The number of hydrogen-bond donors (Lipinski definition) is 2. The maximum atomic E-state index is 10.2. The number of nitrogens with zero attached hydrogens (tertiary/aromatic N) is 3. The fourth-order valence-electron chi connectivity index (χ4n) is 3.49. The number of fused-ring (bicyclic) bond motifs is 2. The average molecular weight is 395 g/mol. The Bertz CT molecular complexity index is 1420. The molecule has 0 amide bonds. The van der Waals surface area contributed by atoms with Crippen molar-refractivity contribution in [2.45, 2.75) is 0 Å². The van der Waals surface area contributed by atoms with Crippen molar-refractivity contribution in [3.05, 3.63) is 72.8 Å². The van der Waals surface area contributed by atoms with Crippen LogP contribution < -0.4 is 4.74 Å². The smallest absolute Gasteiger partial charge is 0.320 e. The fourth-order valence-corrected chi connectivity index (χ4v) is 3.49. The SMILES string of the molecule is COc1nc(-c2ccc3cc4ccccc4cc3c2)nc(-c2ccc(O)cc2O)n1. The summed E-state index contributed by atoms with van der Waals surface area (Å²) in [6, 6.07) is 22.9. The molecule has 0 aliphatic rings. The minimum atomic E-state index is -0.126. The molecule has 1 heterocycles. The normalized spacial score (nSPS) is 11.1. The van der Waals surface area contributed by atoms with Gasteiger partial charge in [0.15, 0.2) is 11.6 Å². The molecule has 0 unspecified atom stereocenters. The van der Waals surface area contributed by atoms with E-state index in [4.69, 9.17) is 4.74 Å². The first-order valence-electron chi connectivity index (χ1n) is 9.36. The first-order valence-corrected chi connectivity index (χ1v) is 9.36. The van der Waals surface area contributed by atoms with Gasteiger partial charge in [-0.3, -0.25) is 0 Å². The summed E-state index contributed by atoms with van der Waals surface area (Å²) in [5, 5.41) is 24.3. The summed E-state index contributed by atoms with van der Waals surface area (Å²) in [4.78, 5) is 13.2. The Labute approximate surface area is 172 Å². The molecule has 5 aromatic rings. The van der Waals surface area contributed by atoms with Crippen molar-refractivity contribution in [1.82, 2.24) is 15.0 Å². The van der Waals surface area contributed by atoms with Crippen LogP contribution in [0.15, 0.2) is 72.8 Å². The zero-order chi connectivity index (χ0) is 20.7. The third-order valence-corrected chi connectivity index (χ3v) is 4.98. The Hall–Kier alpha value is -4.19. The molecule has 6 heteroatoms. The number of benzene rings is 4. The van der Waals surface area contributed by atoms with Crippen molar-refractivity contribution >= 4 is 21.5 Å². The van der Waals surface area contributed by atoms with Crippen molar-refractivity contribution in [2.24, 2.45) is 0 Å². The first kappa shape index (κ1) is 17.9. The Morgan fingerprint density at radius 3 is 2.10 bits per heavy atom. The predicted octanol–water partition coefficient (Wildman–Crippen LogP) is 4.93. The summed E-state index contributed by atoms with van der Waals surface area (Å²) < 4.78 is 5.25. The van der Waals surface area contributed by atoms with Gasteiger partial charge in [0.05, 0.1) is 12.7 Å². The summed E-state index contributed by atoms with van der Waals surface area (Å²) >= 11 is 0. The van der Waals surface area contributed by atoms with E-state index in [9.17, 15) is 10.2 Å². The highest BCUT2D eigenvalue weighted by Gasteiger charge is 2.14. The third-order valence-electron chi connectivity index (χ3n) is 4.98. The highest BCUT2D eigenvalue weighted by Crippen LogP contribution is 2.32. The van der Waals surface area contributed by atoms with Crippen LogP contribution in [0.5, 0.6) is 17.5 Å². The van der Waals surface area contributed by atoms with Crippen molar-refractivity contribution in [3.63, 3.8) is 0 Å². The van der Waals surface area contributed by atoms with Gasteiger partial charge in [-0.25, -0.2) is 4.98 Å². The van der Waals surface area contributed by atoms with E-state index in [1.165, 1.54) is 24.6 Å². The molecule has 0 fully saturated rings.